The van der Waals surface area contributed by atoms with Crippen LogP contribution in [0.2, 0.25) is 0 Å². The molecule has 0 fully saturated rings. The molecule has 8 heteroatoms. The van der Waals surface area contributed by atoms with Gasteiger partial charge in [-0.05, 0) is 19.1 Å². The minimum absolute atomic E-state index is 0.0977. The first-order chi connectivity index (χ1) is 12.2. The Kier molecular flexibility index (Phi) is 3.70. The number of nitrogens with zero attached hydrogens (tertiary/aromatic N) is 5. The topological polar surface area (TPSA) is 98.7 Å². The molecule has 0 unspecified atom stereocenters. The number of imidazole rings is 1. The second-order valence-electron chi connectivity index (χ2n) is 5.46. The lowest BCUT2D eigenvalue weighted by Gasteiger charge is -2.07. The third kappa shape index (κ3) is 2.97. The minimum Gasteiger partial charge on any atom is -0.356 e. The number of fused-ring (bicyclic) bond motifs is 1. The Morgan fingerprint density at radius 3 is 2.96 bits per heavy atom. The van der Waals surface area contributed by atoms with E-state index in [0.717, 1.165) is 11.2 Å². The first-order valence-corrected chi connectivity index (χ1v) is 7.66. The van der Waals surface area contributed by atoms with Gasteiger partial charge in [-0.25, -0.2) is 15.0 Å². The number of benzene rings is 1. The summed E-state index contributed by atoms with van der Waals surface area (Å²) in [6.07, 6.45) is 4.98. The summed E-state index contributed by atoms with van der Waals surface area (Å²) in [6.45, 7) is 1.87. The van der Waals surface area contributed by atoms with Crippen molar-refractivity contribution in [3.63, 3.8) is 0 Å². The van der Waals surface area contributed by atoms with Crippen molar-refractivity contribution >= 4 is 22.7 Å². The lowest BCUT2D eigenvalue weighted by atomic mass is 10.1. The van der Waals surface area contributed by atoms with Crippen LogP contribution in [0.4, 0.5) is 5.82 Å². The van der Waals surface area contributed by atoms with E-state index in [1.165, 1.54) is 6.33 Å². The third-order valence-corrected chi connectivity index (χ3v) is 3.77. The number of carbonyl (C=O) groups excluding carboxylic acids is 1. The molecule has 0 saturated carbocycles. The highest BCUT2D eigenvalue weighted by atomic mass is 16.5. The average Bonchev–Trinajstić information content (AvgIpc) is 3.22. The van der Waals surface area contributed by atoms with Crippen molar-refractivity contribution in [1.29, 1.82) is 0 Å². The van der Waals surface area contributed by atoms with Gasteiger partial charge in [0.2, 0.25) is 5.91 Å². The van der Waals surface area contributed by atoms with E-state index in [2.05, 4.69) is 25.4 Å². The fraction of sp³-hybridized carbons (Fsp3) is 0.118. The van der Waals surface area contributed by atoms with E-state index in [0.29, 0.717) is 22.9 Å². The summed E-state index contributed by atoms with van der Waals surface area (Å²) in [5.41, 5.74) is 1.25. The van der Waals surface area contributed by atoms with Crippen molar-refractivity contribution in [1.82, 2.24) is 24.7 Å². The second kappa shape index (κ2) is 6.16. The predicted octanol–water partition coefficient (Wildman–Crippen LogP) is 2.29. The molecule has 0 atom stereocenters. The second-order valence-corrected chi connectivity index (χ2v) is 5.46. The van der Waals surface area contributed by atoms with Crippen LogP contribution < -0.4 is 5.32 Å². The van der Waals surface area contributed by atoms with Gasteiger partial charge in [0.05, 0.1) is 6.42 Å². The van der Waals surface area contributed by atoms with Gasteiger partial charge >= 0.3 is 0 Å². The summed E-state index contributed by atoms with van der Waals surface area (Å²) >= 11 is 0. The summed E-state index contributed by atoms with van der Waals surface area (Å²) in [6, 6.07) is 9.11. The van der Waals surface area contributed by atoms with Crippen molar-refractivity contribution in [2.75, 3.05) is 5.32 Å². The highest BCUT2D eigenvalue weighted by molar-refractivity contribution is 5.94. The summed E-state index contributed by atoms with van der Waals surface area (Å²) in [4.78, 5) is 24.8. The lowest BCUT2D eigenvalue weighted by molar-refractivity contribution is -0.115. The van der Waals surface area contributed by atoms with Crippen LogP contribution in [0.1, 0.15) is 11.5 Å². The number of nitrogens with one attached hydrogen (secondary N) is 1. The number of aryl methyl sites for hydroxylation is 1. The molecule has 1 aromatic carbocycles. The SMILES string of the molecule is Cc1nccn1-c1cc(NC(=O)Cc2noc3ccccc23)ncn1. The molecule has 0 aliphatic carbocycles. The molecule has 1 N–H and O–H groups in total. The molecule has 3 aromatic heterocycles. The van der Waals surface area contributed by atoms with Crippen LogP contribution in [0.3, 0.4) is 0 Å². The van der Waals surface area contributed by atoms with E-state index in [9.17, 15) is 4.79 Å². The fourth-order valence-electron chi connectivity index (χ4n) is 2.57. The Morgan fingerprint density at radius 1 is 1.24 bits per heavy atom. The summed E-state index contributed by atoms with van der Waals surface area (Å²) < 4.78 is 7.02. The molecule has 4 rings (SSSR count). The molecule has 0 radical (unpaired) electrons. The third-order valence-electron chi connectivity index (χ3n) is 3.77. The molecule has 0 aliphatic heterocycles. The fourth-order valence-corrected chi connectivity index (χ4v) is 2.57. The van der Waals surface area contributed by atoms with Crippen molar-refractivity contribution in [3.8, 4) is 5.82 Å². The standard InChI is InChI=1S/C17H14N6O2/c1-11-18-6-7-23(11)16-9-15(19-10-20-16)21-17(24)8-13-12-4-2-3-5-14(12)25-22-13/h2-7,9-10H,8H2,1H3,(H,19,20,21,24). The summed E-state index contributed by atoms with van der Waals surface area (Å²) in [5.74, 6) is 1.61. The highest BCUT2D eigenvalue weighted by Crippen LogP contribution is 2.18. The van der Waals surface area contributed by atoms with Gasteiger partial charge in [0, 0.05) is 23.8 Å². The first-order valence-electron chi connectivity index (χ1n) is 7.66. The van der Waals surface area contributed by atoms with Crippen molar-refractivity contribution in [2.24, 2.45) is 0 Å². The Labute approximate surface area is 142 Å². The van der Waals surface area contributed by atoms with E-state index in [1.54, 1.807) is 18.5 Å². The van der Waals surface area contributed by atoms with Crippen LogP contribution in [0, 0.1) is 6.92 Å². The van der Waals surface area contributed by atoms with Gasteiger partial charge in [-0.1, -0.05) is 17.3 Å². The molecule has 0 spiro atoms. The lowest BCUT2D eigenvalue weighted by Crippen LogP contribution is -2.16. The number of hydrogen-bond donors (Lipinski definition) is 1. The van der Waals surface area contributed by atoms with E-state index < -0.39 is 0 Å². The molecule has 8 nitrogen and oxygen atoms in total. The van der Waals surface area contributed by atoms with Gasteiger partial charge in [-0.2, -0.15) is 0 Å². The maximum absolute atomic E-state index is 12.3. The molecule has 124 valence electrons. The molecule has 1 amide bonds. The van der Waals surface area contributed by atoms with Crippen molar-refractivity contribution < 1.29 is 9.32 Å². The number of para-hydroxylation sites is 1. The number of aromatic nitrogens is 5. The van der Waals surface area contributed by atoms with E-state index in [1.807, 2.05) is 35.8 Å². The zero-order chi connectivity index (χ0) is 17.2. The van der Waals surface area contributed by atoms with E-state index in [4.69, 9.17) is 4.52 Å². The maximum Gasteiger partial charge on any atom is 0.231 e. The van der Waals surface area contributed by atoms with Crippen LogP contribution in [0.25, 0.3) is 16.8 Å². The Hall–Kier alpha value is -3.55. The van der Waals surface area contributed by atoms with Gasteiger partial charge in [0.1, 0.15) is 29.5 Å². The summed E-state index contributed by atoms with van der Waals surface area (Å²) in [7, 11) is 0. The predicted molar refractivity (Wildman–Crippen MR) is 90.2 cm³/mol. The van der Waals surface area contributed by atoms with Crippen molar-refractivity contribution in [2.45, 2.75) is 13.3 Å². The van der Waals surface area contributed by atoms with Crippen LogP contribution in [-0.4, -0.2) is 30.6 Å². The van der Waals surface area contributed by atoms with Crippen LogP contribution >= 0.6 is 0 Å². The smallest absolute Gasteiger partial charge is 0.231 e. The van der Waals surface area contributed by atoms with Gasteiger partial charge < -0.3 is 9.84 Å². The van der Waals surface area contributed by atoms with Gasteiger partial charge in [-0.15, -0.1) is 0 Å². The molecular formula is C17H14N6O2. The zero-order valence-corrected chi connectivity index (χ0v) is 13.4. The summed E-state index contributed by atoms with van der Waals surface area (Å²) in [5, 5.41) is 7.56. The first kappa shape index (κ1) is 15.0. The van der Waals surface area contributed by atoms with Crippen LogP contribution in [0.5, 0.6) is 0 Å². The van der Waals surface area contributed by atoms with Gasteiger partial charge in [0.15, 0.2) is 5.58 Å². The Morgan fingerprint density at radius 2 is 2.12 bits per heavy atom. The van der Waals surface area contributed by atoms with Gasteiger partial charge in [-0.3, -0.25) is 9.36 Å². The van der Waals surface area contributed by atoms with Crippen molar-refractivity contribution in [3.05, 3.63) is 60.6 Å². The maximum atomic E-state index is 12.3. The van der Waals surface area contributed by atoms with Crippen LogP contribution in [-0.2, 0) is 11.2 Å². The Bertz CT molecular complexity index is 1050. The number of rotatable bonds is 4. The minimum atomic E-state index is -0.231. The van der Waals surface area contributed by atoms with Gasteiger partial charge in [0.25, 0.3) is 0 Å². The number of carbonyl (C=O) groups is 1. The molecular weight excluding hydrogens is 320 g/mol. The number of anilines is 1. The highest BCUT2D eigenvalue weighted by Gasteiger charge is 2.13. The molecule has 0 aliphatic rings. The number of amides is 1. The molecule has 0 bridgehead atoms. The molecule has 25 heavy (non-hydrogen) atoms. The zero-order valence-electron chi connectivity index (χ0n) is 13.4. The normalized spacial score (nSPS) is 10.9. The molecule has 3 heterocycles. The quantitative estimate of drug-likeness (QED) is 0.615. The monoisotopic (exact) mass is 334 g/mol. The Balaban J connectivity index is 1.52. The largest absolute Gasteiger partial charge is 0.356 e. The molecule has 0 saturated heterocycles. The molecule has 4 aromatic rings. The van der Waals surface area contributed by atoms with E-state index in [-0.39, 0.29) is 12.3 Å². The van der Waals surface area contributed by atoms with Crippen LogP contribution in [0.15, 0.2) is 53.6 Å². The average molecular weight is 334 g/mol. The van der Waals surface area contributed by atoms with E-state index >= 15 is 0 Å². The number of hydrogen-bond acceptors (Lipinski definition) is 6.